The van der Waals surface area contributed by atoms with Crippen molar-refractivity contribution >= 4 is 0 Å². The Morgan fingerprint density at radius 2 is 1.77 bits per heavy atom. The molecule has 3 fully saturated rings. The molecular formula is C30H52O. The van der Waals surface area contributed by atoms with E-state index in [2.05, 4.69) is 47.6 Å². The quantitative estimate of drug-likeness (QED) is 0.403. The summed E-state index contributed by atoms with van der Waals surface area (Å²) in [4.78, 5) is 0. The Morgan fingerprint density at radius 1 is 1.00 bits per heavy atom. The fourth-order valence-electron chi connectivity index (χ4n) is 9.42. The van der Waals surface area contributed by atoms with E-state index < -0.39 is 5.60 Å². The summed E-state index contributed by atoms with van der Waals surface area (Å²) in [6.45, 7) is 14.8. The molecule has 0 bridgehead atoms. The lowest BCUT2D eigenvalue weighted by atomic mass is 9.46. The van der Waals surface area contributed by atoms with Gasteiger partial charge in [0.2, 0.25) is 0 Å². The van der Waals surface area contributed by atoms with Crippen LogP contribution in [-0.4, -0.2) is 10.7 Å². The zero-order valence-electron chi connectivity index (χ0n) is 21.7. The third kappa shape index (κ3) is 4.20. The van der Waals surface area contributed by atoms with Crippen molar-refractivity contribution in [1.82, 2.24) is 0 Å². The van der Waals surface area contributed by atoms with Gasteiger partial charge in [-0.05, 0) is 104 Å². The lowest BCUT2D eigenvalue weighted by Crippen LogP contribution is -2.52. The number of aliphatic hydroxyl groups is 1. The summed E-state index contributed by atoms with van der Waals surface area (Å²) in [5, 5.41) is 11.2. The van der Waals surface area contributed by atoms with E-state index in [1.54, 1.807) is 5.57 Å². The second kappa shape index (κ2) is 8.81. The average molecular weight is 429 g/mol. The first kappa shape index (κ1) is 23.8. The van der Waals surface area contributed by atoms with Gasteiger partial charge in [-0.3, -0.25) is 0 Å². The Morgan fingerprint density at radius 3 is 2.48 bits per heavy atom. The maximum Gasteiger partial charge on any atom is 0.0685 e. The Kier molecular flexibility index (Phi) is 6.78. The standard InChI is InChI=1S/C30H52O/c1-7-16-30(31)19-18-28(5)23(20-30)11-12-24-26-14-13-25(22(4)10-8-9-21(2)3)29(26,6)17-15-27(24)28/h11,21-22,24-27,31H,7-10,12-20H2,1-6H3/t22-,24?,25-,26+,27+,28+,29-,30+/m1/s1. The molecule has 0 saturated heterocycles. The highest BCUT2D eigenvalue weighted by molar-refractivity contribution is 5.27. The van der Waals surface area contributed by atoms with Gasteiger partial charge in [0.1, 0.15) is 0 Å². The summed E-state index contributed by atoms with van der Waals surface area (Å²) in [5.74, 6) is 5.41. The molecule has 0 spiro atoms. The van der Waals surface area contributed by atoms with Crippen LogP contribution in [0.5, 0.6) is 0 Å². The van der Waals surface area contributed by atoms with Crippen molar-refractivity contribution in [2.45, 2.75) is 131 Å². The van der Waals surface area contributed by atoms with Gasteiger partial charge in [0.15, 0.2) is 0 Å². The zero-order chi connectivity index (χ0) is 22.4. The first-order chi connectivity index (χ1) is 14.6. The molecule has 0 aromatic heterocycles. The average Bonchev–Trinajstić information content (AvgIpc) is 3.06. The first-order valence-electron chi connectivity index (χ1n) is 14.0. The van der Waals surface area contributed by atoms with Crippen LogP contribution < -0.4 is 0 Å². The van der Waals surface area contributed by atoms with Gasteiger partial charge in [-0.25, -0.2) is 0 Å². The largest absolute Gasteiger partial charge is 0.390 e. The monoisotopic (exact) mass is 428 g/mol. The van der Waals surface area contributed by atoms with Crippen LogP contribution in [0.15, 0.2) is 11.6 Å². The zero-order valence-corrected chi connectivity index (χ0v) is 21.7. The SMILES string of the molecule is CCC[C@]1(O)CC[C@@]2(C)C(=CCC3[C@@H]4CC[C@H]([C@H](C)CCCC(C)C)[C@@]4(C)CC[C@@H]32)C1. The second-order valence-electron chi connectivity index (χ2n) is 13.4. The predicted molar refractivity (Wildman–Crippen MR) is 133 cm³/mol. The van der Waals surface area contributed by atoms with E-state index in [-0.39, 0.29) is 0 Å². The molecule has 0 amide bonds. The number of hydrogen-bond donors (Lipinski definition) is 1. The van der Waals surface area contributed by atoms with Gasteiger partial charge in [-0.15, -0.1) is 0 Å². The van der Waals surface area contributed by atoms with Gasteiger partial charge in [-0.1, -0.05) is 78.9 Å². The van der Waals surface area contributed by atoms with Crippen LogP contribution in [0.3, 0.4) is 0 Å². The summed E-state index contributed by atoms with van der Waals surface area (Å²) in [7, 11) is 0. The highest BCUT2D eigenvalue weighted by Gasteiger charge is 2.59. The molecule has 1 nitrogen and oxygen atoms in total. The number of allylic oxidation sites excluding steroid dienone is 1. The number of rotatable bonds is 7. The van der Waals surface area contributed by atoms with Gasteiger partial charge in [0.05, 0.1) is 5.60 Å². The summed E-state index contributed by atoms with van der Waals surface area (Å²) in [6, 6.07) is 0. The van der Waals surface area contributed by atoms with E-state index in [0.717, 1.165) is 61.2 Å². The van der Waals surface area contributed by atoms with Gasteiger partial charge in [-0.2, -0.15) is 0 Å². The van der Waals surface area contributed by atoms with E-state index in [1.165, 1.54) is 57.8 Å². The molecule has 0 radical (unpaired) electrons. The molecule has 0 heterocycles. The van der Waals surface area contributed by atoms with Crippen molar-refractivity contribution in [2.75, 3.05) is 0 Å². The maximum absolute atomic E-state index is 11.2. The molecule has 0 aliphatic heterocycles. The van der Waals surface area contributed by atoms with E-state index >= 15 is 0 Å². The molecule has 1 unspecified atom stereocenters. The van der Waals surface area contributed by atoms with E-state index in [0.29, 0.717) is 10.8 Å². The molecular weight excluding hydrogens is 376 g/mol. The minimum atomic E-state index is -0.417. The number of fused-ring (bicyclic) bond motifs is 5. The van der Waals surface area contributed by atoms with Crippen LogP contribution in [0.1, 0.15) is 125 Å². The molecule has 1 heteroatoms. The van der Waals surface area contributed by atoms with E-state index in [1.807, 2.05) is 0 Å². The van der Waals surface area contributed by atoms with Gasteiger partial charge < -0.3 is 5.11 Å². The molecule has 0 aromatic carbocycles. The van der Waals surface area contributed by atoms with Crippen LogP contribution in [0.2, 0.25) is 0 Å². The molecule has 4 rings (SSSR count). The molecule has 4 aliphatic rings. The van der Waals surface area contributed by atoms with Crippen LogP contribution in [-0.2, 0) is 0 Å². The summed E-state index contributed by atoms with van der Waals surface area (Å²) >= 11 is 0. The summed E-state index contributed by atoms with van der Waals surface area (Å²) < 4.78 is 0. The highest BCUT2D eigenvalue weighted by atomic mass is 16.3. The van der Waals surface area contributed by atoms with Crippen molar-refractivity contribution in [3.8, 4) is 0 Å². The fourth-order valence-corrected chi connectivity index (χ4v) is 9.42. The Balaban J connectivity index is 1.49. The highest BCUT2D eigenvalue weighted by Crippen LogP contribution is 2.67. The van der Waals surface area contributed by atoms with Crippen LogP contribution >= 0.6 is 0 Å². The fraction of sp³-hybridized carbons (Fsp3) is 0.933. The molecule has 31 heavy (non-hydrogen) atoms. The van der Waals surface area contributed by atoms with Crippen LogP contribution in [0, 0.1) is 46.3 Å². The predicted octanol–water partition coefficient (Wildman–Crippen LogP) is 8.56. The van der Waals surface area contributed by atoms with Gasteiger partial charge in [0, 0.05) is 0 Å². The Hall–Kier alpha value is -0.300. The smallest absolute Gasteiger partial charge is 0.0685 e. The topological polar surface area (TPSA) is 20.2 Å². The minimum absolute atomic E-state index is 0.366. The molecule has 1 N–H and O–H groups in total. The van der Waals surface area contributed by atoms with Gasteiger partial charge in [0.25, 0.3) is 0 Å². The molecule has 178 valence electrons. The summed E-state index contributed by atoms with van der Waals surface area (Å²) in [6.07, 6.45) is 19.3. The third-order valence-electron chi connectivity index (χ3n) is 11.2. The lowest BCUT2D eigenvalue weighted by molar-refractivity contribution is -0.0767. The van der Waals surface area contributed by atoms with Crippen LogP contribution in [0.4, 0.5) is 0 Å². The second-order valence-corrected chi connectivity index (χ2v) is 13.4. The number of hydrogen-bond acceptors (Lipinski definition) is 1. The van der Waals surface area contributed by atoms with Crippen molar-refractivity contribution in [3.05, 3.63) is 11.6 Å². The summed E-state index contributed by atoms with van der Waals surface area (Å²) in [5.41, 5.74) is 2.17. The Bertz CT molecular complexity index is 663. The van der Waals surface area contributed by atoms with Crippen LogP contribution in [0.25, 0.3) is 0 Å². The lowest BCUT2D eigenvalue weighted by Gasteiger charge is -2.59. The Labute approximate surface area is 193 Å². The molecule has 8 atom stereocenters. The normalized spacial score (nSPS) is 45.6. The van der Waals surface area contributed by atoms with E-state index in [4.69, 9.17) is 0 Å². The molecule has 4 aliphatic carbocycles. The molecule has 3 saturated carbocycles. The minimum Gasteiger partial charge on any atom is -0.390 e. The maximum atomic E-state index is 11.2. The van der Waals surface area contributed by atoms with Gasteiger partial charge >= 0.3 is 0 Å². The molecule has 0 aromatic rings. The van der Waals surface area contributed by atoms with Crippen molar-refractivity contribution in [2.24, 2.45) is 46.3 Å². The first-order valence-corrected chi connectivity index (χ1v) is 14.0. The van der Waals surface area contributed by atoms with Crippen molar-refractivity contribution in [1.29, 1.82) is 0 Å². The van der Waals surface area contributed by atoms with E-state index in [9.17, 15) is 5.11 Å². The van der Waals surface area contributed by atoms with Crippen molar-refractivity contribution < 1.29 is 5.11 Å². The van der Waals surface area contributed by atoms with Crippen molar-refractivity contribution in [3.63, 3.8) is 0 Å². The third-order valence-corrected chi connectivity index (χ3v) is 11.2.